The molecule has 8 heterocycles. The second-order valence-electron chi connectivity index (χ2n) is 27.9. The molecule has 100 heavy (non-hydrogen) atoms. The number of piperazine rings is 2. The first-order valence-corrected chi connectivity index (χ1v) is 36.6. The Morgan fingerprint density at radius 3 is 1.07 bits per heavy atom. The van der Waals surface area contributed by atoms with Crippen LogP contribution in [0.1, 0.15) is 126 Å². The molecule has 21 nitrogen and oxygen atoms in total. The highest BCUT2D eigenvalue weighted by molar-refractivity contribution is 6.11. The van der Waals surface area contributed by atoms with E-state index in [9.17, 15) is 24.0 Å². The topological polar surface area (TPSA) is 231 Å². The van der Waals surface area contributed by atoms with Gasteiger partial charge in [0.1, 0.15) is 5.82 Å². The summed E-state index contributed by atoms with van der Waals surface area (Å²) >= 11 is 0. The van der Waals surface area contributed by atoms with Crippen molar-refractivity contribution in [3.63, 3.8) is 0 Å². The van der Waals surface area contributed by atoms with E-state index in [4.69, 9.17) is 20.0 Å². The summed E-state index contributed by atoms with van der Waals surface area (Å²) in [6, 6.07) is 39.6. The average molecular weight is 1350 g/mol. The summed E-state index contributed by atoms with van der Waals surface area (Å²) in [6.07, 6.45) is 10.9. The van der Waals surface area contributed by atoms with Crippen molar-refractivity contribution in [2.75, 3.05) is 151 Å². The normalized spacial score (nSPS) is 17.6. The van der Waals surface area contributed by atoms with Crippen molar-refractivity contribution >= 4 is 74.8 Å². The Balaban J connectivity index is 0.425. The molecule has 4 saturated heterocycles. The van der Waals surface area contributed by atoms with Gasteiger partial charge in [0, 0.05) is 171 Å². The number of imidazole rings is 1. The van der Waals surface area contributed by atoms with Crippen molar-refractivity contribution in [3.8, 4) is 11.4 Å². The number of hydrogen-bond acceptors (Lipinski definition) is 15. The fourth-order valence-corrected chi connectivity index (χ4v) is 15.0. The lowest BCUT2D eigenvalue weighted by atomic mass is 9.98. The molecule has 6 aromatic carbocycles. The molecular formula is C79H94N16O5. The van der Waals surface area contributed by atoms with E-state index < -0.39 is 0 Å². The number of piperidine rings is 2. The molecule has 5 amide bonds. The van der Waals surface area contributed by atoms with Crippen LogP contribution in [0.15, 0.2) is 136 Å². The number of rotatable bonds is 27. The van der Waals surface area contributed by atoms with Crippen LogP contribution in [-0.2, 0) is 24.1 Å². The van der Waals surface area contributed by atoms with E-state index in [1.54, 1.807) is 0 Å². The van der Waals surface area contributed by atoms with E-state index in [1.807, 2.05) is 84.9 Å². The van der Waals surface area contributed by atoms with Gasteiger partial charge in [0.2, 0.25) is 5.91 Å². The molecule has 4 fully saturated rings. The first-order chi connectivity index (χ1) is 49.0. The Hall–Kier alpha value is -9.09. The van der Waals surface area contributed by atoms with Crippen LogP contribution in [0.2, 0.25) is 0 Å². The molecule has 0 radical (unpaired) electrons. The number of amides is 5. The Bertz CT molecular complexity index is 4190. The molecule has 520 valence electrons. The number of carbonyl (C=O) groups is 5. The lowest BCUT2D eigenvalue weighted by Crippen LogP contribution is -2.50. The van der Waals surface area contributed by atoms with Crippen LogP contribution >= 0.6 is 0 Å². The van der Waals surface area contributed by atoms with Crippen molar-refractivity contribution in [2.24, 2.45) is 15.0 Å². The summed E-state index contributed by atoms with van der Waals surface area (Å²) in [5.74, 6) is 0.574. The van der Waals surface area contributed by atoms with Gasteiger partial charge in [-0.15, -0.1) is 0 Å². The maximum atomic E-state index is 13.4. The van der Waals surface area contributed by atoms with Crippen molar-refractivity contribution in [1.82, 2.24) is 66.0 Å². The summed E-state index contributed by atoms with van der Waals surface area (Å²) in [6.45, 7) is 20.0. The molecule has 1 aromatic heterocycles. The number of aliphatic imine (C=N–C) groups is 3. The van der Waals surface area contributed by atoms with Crippen LogP contribution in [0.3, 0.4) is 0 Å². The molecule has 0 spiro atoms. The monoisotopic (exact) mass is 1350 g/mol. The number of benzene rings is 6. The van der Waals surface area contributed by atoms with Gasteiger partial charge in [-0.05, 0) is 171 Å². The van der Waals surface area contributed by atoms with Gasteiger partial charge < -0.3 is 46.3 Å². The number of aromatic amines is 1. The molecule has 21 heteroatoms. The number of H-pyrrole nitrogens is 1. The number of nitrogens with one attached hydrogen (secondary N) is 6. The summed E-state index contributed by atoms with van der Waals surface area (Å²) in [5.41, 5.74) is 17.0. The molecule has 0 atom stereocenters. The highest BCUT2D eigenvalue weighted by atomic mass is 16.2. The van der Waals surface area contributed by atoms with Crippen LogP contribution in [0.4, 0.5) is 17.1 Å². The third kappa shape index (κ3) is 17.4. The van der Waals surface area contributed by atoms with E-state index in [0.29, 0.717) is 80.7 Å². The Kier molecular flexibility index (Phi) is 22.1. The van der Waals surface area contributed by atoms with Crippen molar-refractivity contribution < 1.29 is 24.0 Å². The van der Waals surface area contributed by atoms with E-state index >= 15 is 0 Å². The van der Waals surface area contributed by atoms with Crippen molar-refractivity contribution in [2.45, 2.75) is 70.6 Å². The standard InChI is InChI=1S/C79H94N16O5/c96-74(8-7-34-92-40-42-94(43-41-92)38-28-82-77(98)61-19-23-68-65(50-61)54-72(87-68)57-13-15-58(16-14-57)75-88-69-24-20-62(51-73(69)89-75)79(100)84-27-37-91-32-5-2-6-33-91)80-25-35-93-44-46-95(47-45-93)39-29-83-78(99)60-18-22-67-64(49-60)53-71(86-67)56-11-9-55(10-12-56)70-52-63-48-59(17-21-66(63)85-70)76(97)81-26-36-90-30-3-1-4-31-90/h9-24,48-51H,1-8,25-47,52-54H2,(H,80,96)(H,81,97)(H,82,98)(H,83,99)(H,84,100)(H,88,89). The molecule has 6 N–H and O–H groups in total. The van der Waals surface area contributed by atoms with E-state index in [2.05, 4.69) is 97.4 Å². The quantitative estimate of drug-likeness (QED) is 0.0288. The van der Waals surface area contributed by atoms with Crippen LogP contribution in [-0.4, -0.2) is 237 Å². The smallest absolute Gasteiger partial charge is 0.251 e. The Morgan fingerprint density at radius 1 is 0.350 bits per heavy atom. The summed E-state index contributed by atoms with van der Waals surface area (Å²) in [7, 11) is 0. The van der Waals surface area contributed by atoms with E-state index in [1.165, 1.54) is 38.5 Å². The van der Waals surface area contributed by atoms with Gasteiger partial charge in [0.15, 0.2) is 0 Å². The first-order valence-electron chi connectivity index (χ1n) is 36.6. The fraction of sp³-hybridized carbons (Fsp3) is 0.430. The summed E-state index contributed by atoms with van der Waals surface area (Å²) in [4.78, 5) is 103. The molecule has 0 unspecified atom stereocenters. The highest BCUT2D eigenvalue weighted by Crippen LogP contribution is 2.34. The van der Waals surface area contributed by atoms with Crippen molar-refractivity contribution in [3.05, 3.63) is 177 Å². The SMILES string of the molecule is O=C(CCCN1CCN(CCNC(=O)c2ccc3c(c2)CC(c2ccc(-c4nc5ccc(C(=O)NCCN6CCCCC6)cc5[nH]4)cc2)=N3)CC1)NCCN1CCN(CCNC(=O)c2ccc3c(c2)CC(c2ccc(C4=Nc5ccc(C(=O)NCCN6CCCCC6)cc5C4)cc2)=N3)CC1. The number of carbonyl (C=O) groups excluding carboxylic acids is 5. The third-order valence-electron chi connectivity index (χ3n) is 21.0. The molecule has 0 aliphatic carbocycles. The molecule has 7 aliphatic heterocycles. The predicted molar refractivity (Wildman–Crippen MR) is 395 cm³/mol. The minimum Gasteiger partial charge on any atom is -0.355 e. The first kappa shape index (κ1) is 68.1. The molecule has 0 saturated carbocycles. The lowest BCUT2D eigenvalue weighted by Gasteiger charge is -2.35. The maximum Gasteiger partial charge on any atom is 0.251 e. The van der Waals surface area contributed by atoms with Crippen LogP contribution in [0, 0.1) is 0 Å². The van der Waals surface area contributed by atoms with Gasteiger partial charge in [-0.25, -0.2) is 4.98 Å². The van der Waals surface area contributed by atoms with Crippen molar-refractivity contribution in [1.29, 1.82) is 0 Å². The largest absolute Gasteiger partial charge is 0.355 e. The van der Waals surface area contributed by atoms with Gasteiger partial charge >= 0.3 is 0 Å². The molecular weight excluding hydrogens is 1250 g/mol. The van der Waals surface area contributed by atoms with E-state index in [-0.39, 0.29) is 29.5 Å². The minimum atomic E-state index is -0.0817. The fourth-order valence-electron chi connectivity index (χ4n) is 15.0. The second-order valence-corrected chi connectivity index (χ2v) is 27.9. The van der Waals surface area contributed by atoms with E-state index in [0.717, 1.165) is 214 Å². The lowest BCUT2D eigenvalue weighted by molar-refractivity contribution is -0.121. The minimum absolute atomic E-state index is 0.0338. The molecule has 7 aromatic rings. The van der Waals surface area contributed by atoms with Gasteiger partial charge in [-0.1, -0.05) is 61.4 Å². The average Bonchev–Trinajstić information content (AvgIpc) is 1.66. The summed E-state index contributed by atoms with van der Waals surface area (Å²) in [5, 5.41) is 15.6. The number of nitrogens with zero attached hydrogens (tertiary/aromatic N) is 10. The zero-order valence-corrected chi connectivity index (χ0v) is 57.6. The molecule has 14 rings (SSSR count). The number of hydrogen-bond donors (Lipinski definition) is 6. The highest BCUT2D eigenvalue weighted by Gasteiger charge is 2.26. The maximum absolute atomic E-state index is 13.4. The molecule has 0 bridgehead atoms. The van der Waals surface area contributed by atoms with Crippen LogP contribution < -0.4 is 26.6 Å². The predicted octanol–water partition coefficient (Wildman–Crippen LogP) is 7.98. The van der Waals surface area contributed by atoms with Crippen LogP contribution in [0.5, 0.6) is 0 Å². The van der Waals surface area contributed by atoms with Gasteiger partial charge in [0.25, 0.3) is 23.6 Å². The van der Waals surface area contributed by atoms with Gasteiger partial charge in [0.05, 0.1) is 45.2 Å². The number of likely N-dealkylation sites (tertiary alicyclic amines) is 2. The Labute approximate surface area is 586 Å². The summed E-state index contributed by atoms with van der Waals surface area (Å²) < 4.78 is 0. The zero-order chi connectivity index (χ0) is 68.2. The third-order valence-corrected chi connectivity index (χ3v) is 21.0. The Morgan fingerprint density at radius 2 is 0.680 bits per heavy atom. The number of fused-ring (bicyclic) bond motifs is 4. The zero-order valence-electron chi connectivity index (χ0n) is 57.6. The van der Waals surface area contributed by atoms with Gasteiger partial charge in [-0.2, -0.15) is 0 Å². The second kappa shape index (κ2) is 32.5. The van der Waals surface area contributed by atoms with Gasteiger partial charge in [-0.3, -0.25) is 53.6 Å². The molecule has 7 aliphatic rings. The van der Waals surface area contributed by atoms with Crippen LogP contribution in [0.25, 0.3) is 22.4 Å². The number of aromatic nitrogens is 2.